The molecule has 2 aliphatic heterocycles. The van der Waals surface area contributed by atoms with Crippen LogP contribution in [0.5, 0.6) is 0 Å². The molecule has 0 bridgehead atoms. The van der Waals surface area contributed by atoms with E-state index < -0.39 is 30.3 Å². The van der Waals surface area contributed by atoms with Gasteiger partial charge in [-0.2, -0.15) is 15.3 Å². The van der Waals surface area contributed by atoms with Crippen LogP contribution in [-0.4, -0.2) is 61.6 Å². The molecule has 4 atom stereocenters. The average Bonchev–Trinajstić information content (AvgIpc) is 3.45. The topological polar surface area (TPSA) is 127 Å². The van der Waals surface area contributed by atoms with E-state index in [0.29, 0.717) is 17.5 Å². The highest BCUT2D eigenvalue weighted by atomic mass is 16.8. The molecule has 0 radical (unpaired) electrons. The minimum Gasteiger partial charge on any atom is -0.394 e. The van der Waals surface area contributed by atoms with Gasteiger partial charge in [-0.25, -0.2) is 9.67 Å². The number of nitriles is 1. The van der Waals surface area contributed by atoms with Crippen LogP contribution in [0.4, 0.5) is 5.82 Å². The van der Waals surface area contributed by atoms with Crippen molar-refractivity contribution in [2.24, 2.45) is 0 Å². The molecule has 0 aromatic carbocycles. The van der Waals surface area contributed by atoms with E-state index in [1.54, 1.807) is 10.9 Å². The Balaban J connectivity index is 1.55. The maximum atomic E-state index is 9.73. The van der Waals surface area contributed by atoms with Gasteiger partial charge >= 0.3 is 0 Å². The van der Waals surface area contributed by atoms with Gasteiger partial charge in [-0.05, 0) is 26.7 Å². The zero-order valence-corrected chi connectivity index (χ0v) is 16.4. The minimum absolute atomic E-state index is 0.0666. The van der Waals surface area contributed by atoms with Crippen LogP contribution in [0, 0.1) is 11.3 Å². The lowest BCUT2D eigenvalue weighted by Crippen LogP contribution is -2.31. The molecule has 29 heavy (non-hydrogen) atoms. The fourth-order valence-corrected chi connectivity index (χ4v) is 4.54. The minimum atomic E-state index is -0.782. The normalized spacial score (nSPS) is 31.2. The lowest BCUT2D eigenvalue weighted by Gasteiger charge is -2.23. The number of aliphatic hydroxyl groups is 1. The van der Waals surface area contributed by atoms with Crippen molar-refractivity contribution in [2.45, 2.75) is 75.9 Å². The van der Waals surface area contributed by atoms with E-state index in [0.717, 1.165) is 18.2 Å². The summed E-state index contributed by atoms with van der Waals surface area (Å²) in [5.41, 5.74) is 0.493. The van der Waals surface area contributed by atoms with Crippen LogP contribution in [0.2, 0.25) is 0 Å². The fraction of sp³-hybridized carbons (Fsp3) is 0.684. The van der Waals surface area contributed by atoms with E-state index in [9.17, 15) is 10.4 Å². The SMILES string of the molecule is CC1(C)O[C@@H]2[C@H](O1)[C@@H](CO)O[C@H]2n1ncc2c(NC3CCCC3)nc(C#N)nc21. The number of rotatable bonds is 4. The molecule has 10 heteroatoms. The lowest BCUT2D eigenvalue weighted by molar-refractivity contribution is -0.201. The zero-order valence-electron chi connectivity index (χ0n) is 16.4. The van der Waals surface area contributed by atoms with Gasteiger partial charge < -0.3 is 24.6 Å². The van der Waals surface area contributed by atoms with Crippen molar-refractivity contribution < 1.29 is 19.3 Å². The molecule has 2 aromatic rings. The molecule has 0 unspecified atom stereocenters. The van der Waals surface area contributed by atoms with Gasteiger partial charge in [0.05, 0.1) is 18.2 Å². The highest BCUT2D eigenvalue weighted by molar-refractivity contribution is 5.87. The summed E-state index contributed by atoms with van der Waals surface area (Å²) in [5.74, 6) is -0.103. The standard InChI is InChI=1S/C19H24N6O4/c1-19(2)28-14-12(9-26)27-18(15(14)29-19)25-17-11(8-21-25)16(23-13(7-20)24-17)22-10-5-3-4-6-10/h8,10,12,14-15,18,26H,3-6,9H2,1-2H3,(H,22,23,24)/t12-,14-,15-,18-/m1/s1. The molecule has 0 spiro atoms. The summed E-state index contributed by atoms with van der Waals surface area (Å²) < 4.78 is 19.6. The maximum absolute atomic E-state index is 9.73. The molecular formula is C19H24N6O4. The third-order valence-corrected chi connectivity index (χ3v) is 5.80. The van der Waals surface area contributed by atoms with Crippen molar-refractivity contribution >= 4 is 16.9 Å². The molecule has 10 nitrogen and oxygen atoms in total. The Kier molecular flexibility index (Phi) is 4.43. The van der Waals surface area contributed by atoms with Crippen molar-refractivity contribution in [1.82, 2.24) is 19.7 Å². The Labute approximate surface area is 167 Å². The van der Waals surface area contributed by atoms with E-state index in [4.69, 9.17) is 14.2 Å². The maximum Gasteiger partial charge on any atom is 0.236 e. The summed E-state index contributed by atoms with van der Waals surface area (Å²) >= 11 is 0. The number of fused-ring (bicyclic) bond motifs is 2. The smallest absolute Gasteiger partial charge is 0.236 e. The van der Waals surface area contributed by atoms with Crippen molar-refractivity contribution in [1.29, 1.82) is 5.26 Å². The second kappa shape index (κ2) is 6.88. The number of hydrogen-bond donors (Lipinski definition) is 2. The Morgan fingerprint density at radius 1 is 1.28 bits per heavy atom. The summed E-state index contributed by atoms with van der Waals surface area (Å²) in [6.45, 7) is 3.47. The fourth-order valence-electron chi connectivity index (χ4n) is 4.54. The molecule has 2 aromatic heterocycles. The van der Waals surface area contributed by atoms with E-state index in [-0.39, 0.29) is 12.4 Å². The van der Waals surface area contributed by atoms with Crippen LogP contribution in [0.25, 0.3) is 11.0 Å². The zero-order chi connectivity index (χ0) is 20.2. The number of aliphatic hydroxyl groups excluding tert-OH is 1. The lowest BCUT2D eigenvalue weighted by atomic mass is 10.1. The second-order valence-corrected chi connectivity index (χ2v) is 8.27. The van der Waals surface area contributed by atoms with Gasteiger partial charge in [0.2, 0.25) is 5.82 Å². The van der Waals surface area contributed by atoms with Crippen molar-refractivity contribution in [3.05, 3.63) is 12.0 Å². The van der Waals surface area contributed by atoms with Gasteiger partial charge in [0, 0.05) is 6.04 Å². The quantitative estimate of drug-likeness (QED) is 0.784. The molecule has 3 aliphatic rings. The first-order chi connectivity index (χ1) is 14.0. The van der Waals surface area contributed by atoms with E-state index in [1.165, 1.54) is 12.8 Å². The summed E-state index contributed by atoms with van der Waals surface area (Å²) in [4.78, 5) is 8.75. The van der Waals surface area contributed by atoms with Gasteiger partial charge in [-0.1, -0.05) is 12.8 Å². The molecular weight excluding hydrogens is 376 g/mol. The predicted octanol–water partition coefficient (Wildman–Crippen LogP) is 1.46. The first-order valence-corrected chi connectivity index (χ1v) is 10.0. The summed E-state index contributed by atoms with van der Waals surface area (Å²) in [7, 11) is 0. The van der Waals surface area contributed by atoms with Gasteiger partial charge in [0.1, 0.15) is 30.2 Å². The van der Waals surface area contributed by atoms with E-state index >= 15 is 0 Å². The average molecular weight is 400 g/mol. The Morgan fingerprint density at radius 3 is 2.76 bits per heavy atom. The van der Waals surface area contributed by atoms with Crippen molar-refractivity contribution in [2.75, 3.05) is 11.9 Å². The van der Waals surface area contributed by atoms with Crippen molar-refractivity contribution in [3.8, 4) is 6.07 Å². The molecule has 1 saturated carbocycles. The number of anilines is 1. The predicted molar refractivity (Wildman–Crippen MR) is 101 cm³/mol. The molecule has 4 heterocycles. The molecule has 3 fully saturated rings. The molecule has 1 aliphatic carbocycles. The third-order valence-electron chi connectivity index (χ3n) is 5.80. The van der Waals surface area contributed by atoms with Crippen LogP contribution in [0.15, 0.2) is 6.20 Å². The number of ether oxygens (including phenoxy) is 3. The van der Waals surface area contributed by atoms with Gasteiger partial charge in [-0.15, -0.1) is 0 Å². The largest absolute Gasteiger partial charge is 0.394 e. The summed E-state index contributed by atoms with van der Waals surface area (Å²) in [6.07, 6.45) is 4.20. The van der Waals surface area contributed by atoms with Crippen LogP contribution in [0.3, 0.4) is 0 Å². The second-order valence-electron chi connectivity index (χ2n) is 8.27. The molecule has 154 valence electrons. The highest BCUT2D eigenvalue weighted by Gasteiger charge is 2.56. The molecule has 2 N–H and O–H groups in total. The number of nitrogens with one attached hydrogen (secondary N) is 1. The first-order valence-electron chi connectivity index (χ1n) is 10.0. The van der Waals surface area contributed by atoms with Crippen LogP contribution in [0.1, 0.15) is 51.6 Å². The van der Waals surface area contributed by atoms with Crippen LogP contribution in [-0.2, 0) is 14.2 Å². The Morgan fingerprint density at radius 2 is 2.03 bits per heavy atom. The first kappa shape index (κ1) is 18.7. The van der Waals surface area contributed by atoms with E-state index in [1.807, 2.05) is 19.9 Å². The number of aromatic nitrogens is 4. The number of nitrogens with zero attached hydrogens (tertiary/aromatic N) is 5. The summed E-state index contributed by atoms with van der Waals surface area (Å²) in [5, 5.41) is 27.8. The number of hydrogen-bond acceptors (Lipinski definition) is 9. The van der Waals surface area contributed by atoms with Crippen LogP contribution < -0.4 is 5.32 Å². The van der Waals surface area contributed by atoms with Gasteiger partial charge in [0.25, 0.3) is 0 Å². The van der Waals surface area contributed by atoms with Crippen molar-refractivity contribution in [3.63, 3.8) is 0 Å². The monoisotopic (exact) mass is 400 g/mol. The Bertz CT molecular complexity index is 963. The molecule has 5 rings (SSSR count). The summed E-state index contributed by atoms with van der Waals surface area (Å²) in [6, 6.07) is 2.37. The Hall–Kier alpha value is -2.32. The molecule has 2 saturated heterocycles. The van der Waals surface area contributed by atoms with Gasteiger partial charge in [-0.3, -0.25) is 0 Å². The molecule has 0 amide bonds. The van der Waals surface area contributed by atoms with E-state index in [2.05, 4.69) is 20.4 Å². The van der Waals surface area contributed by atoms with Crippen LogP contribution >= 0.6 is 0 Å². The third kappa shape index (κ3) is 3.14. The van der Waals surface area contributed by atoms with Gasteiger partial charge in [0.15, 0.2) is 17.7 Å². The highest BCUT2D eigenvalue weighted by Crippen LogP contribution is 2.43.